The molecule has 8 heteroatoms. The van der Waals surface area contributed by atoms with E-state index in [9.17, 15) is 9.18 Å². The molecule has 0 radical (unpaired) electrons. The zero-order valence-corrected chi connectivity index (χ0v) is 18.1. The summed E-state index contributed by atoms with van der Waals surface area (Å²) in [4.78, 5) is 12.3. The fraction of sp³-hybridized carbons (Fsp3) is 0.0833. The smallest absolute Gasteiger partial charge is 0.250 e. The van der Waals surface area contributed by atoms with Crippen molar-refractivity contribution in [3.8, 4) is 17.1 Å². The van der Waals surface area contributed by atoms with Crippen LogP contribution in [0.25, 0.3) is 17.1 Å². The van der Waals surface area contributed by atoms with Crippen molar-refractivity contribution >= 4 is 23.9 Å². The summed E-state index contributed by atoms with van der Waals surface area (Å²) in [6.07, 6.45) is 1.40. The highest BCUT2D eigenvalue weighted by Gasteiger charge is 2.17. The Hall–Kier alpha value is -3.78. The molecule has 0 saturated carbocycles. The van der Waals surface area contributed by atoms with E-state index in [4.69, 9.17) is 0 Å². The van der Waals surface area contributed by atoms with E-state index in [2.05, 4.69) is 20.7 Å². The van der Waals surface area contributed by atoms with Crippen molar-refractivity contribution in [1.82, 2.24) is 20.2 Å². The Balaban J connectivity index is 1.49. The molecule has 3 aromatic carbocycles. The van der Waals surface area contributed by atoms with E-state index in [0.717, 1.165) is 16.8 Å². The Morgan fingerprint density at radius 3 is 2.59 bits per heavy atom. The highest BCUT2D eigenvalue weighted by Crippen LogP contribution is 2.28. The Labute approximate surface area is 189 Å². The van der Waals surface area contributed by atoms with E-state index in [0.29, 0.717) is 16.5 Å². The molecule has 0 fully saturated rings. The summed E-state index contributed by atoms with van der Waals surface area (Å²) in [6.45, 7) is 2.03. The maximum atomic E-state index is 13.2. The molecule has 0 aliphatic rings. The number of aromatic nitrogens is 3. The Morgan fingerprint density at radius 2 is 1.84 bits per heavy atom. The molecule has 1 aromatic heterocycles. The fourth-order valence-electron chi connectivity index (χ4n) is 2.99. The van der Waals surface area contributed by atoms with Crippen molar-refractivity contribution in [3.05, 3.63) is 95.8 Å². The maximum Gasteiger partial charge on any atom is 0.250 e. The lowest BCUT2D eigenvalue weighted by Gasteiger charge is -2.10. The number of nitrogens with zero attached hydrogens (tertiary/aromatic N) is 4. The van der Waals surface area contributed by atoms with Crippen LogP contribution in [0.1, 0.15) is 11.1 Å². The molecule has 0 aliphatic heterocycles. The maximum absolute atomic E-state index is 13.2. The van der Waals surface area contributed by atoms with Crippen LogP contribution in [0, 0.1) is 12.7 Å². The number of rotatable bonds is 7. The number of hydrazone groups is 1. The number of hydrogen-bond acceptors (Lipinski definition) is 5. The van der Waals surface area contributed by atoms with Gasteiger partial charge in [0.1, 0.15) is 5.82 Å². The van der Waals surface area contributed by atoms with Gasteiger partial charge in [-0.3, -0.25) is 9.36 Å². The molecular weight excluding hydrogens is 425 g/mol. The number of nitrogens with one attached hydrogen (secondary N) is 1. The second-order valence-corrected chi connectivity index (χ2v) is 7.92. The zero-order valence-electron chi connectivity index (χ0n) is 17.3. The minimum Gasteiger partial charge on any atom is -0.272 e. The molecular formula is C24H20FN5OS. The molecule has 0 atom stereocenters. The molecule has 0 saturated heterocycles. The Kier molecular flexibility index (Phi) is 6.72. The van der Waals surface area contributed by atoms with Crippen molar-refractivity contribution < 1.29 is 9.18 Å². The number of benzene rings is 3. The van der Waals surface area contributed by atoms with E-state index in [1.54, 1.807) is 12.1 Å². The van der Waals surface area contributed by atoms with Gasteiger partial charge >= 0.3 is 0 Å². The lowest BCUT2D eigenvalue weighted by atomic mass is 10.1. The summed E-state index contributed by atoms with van der Waals surface area (Å²) in [7, 11) is 0. The summed E-state index contributed by atoms with van der Waals surface area (Å²) >= 11 is 1.26. The number of thioether (sulfide) groups is 1. The number of carbonyl (C=O) groups excluding carboxylic acids is 1. The molecule has 0 spiro atoms. The van der Waals surface area contributed by atoms with Crippen LogP contribution in [0.15, 0.2) is 89.1 Å². The third kappa shape index (κ3) is 5.28. The standard InChI is InChI=1S/C24H20FN5OS/c1-17-10-12-19(13-11-17)23-28-29-24(30(23)21-8-3-2-4-9-21)32-16-22(31)27-26-15-18-6-5-7-20(25)14-18/h2-15H,16H2,1H3,(H,27,31)/b26-15+. The first-order chi connectivity index (χ1) is 15.6. The van der Waals surface area contributed by atoms with Crippen molar-refractivity contribution in [1.29, 1.82) is 0 Å². The fourth-order valence-corrected chi connectivity index (χ4v) is 3.74. The van der Waals surface area contributed by atoms with Gasteiger partial charge in [0.05, 0.1) is 12.0 Å². The van der Waals surface area contributed by atoms with Crippen molar-refractivity contribution in [3.63, 3.8) is 0 Å². The van der Waals surface area contributed by atoms with Crippen LogP contribution in [-0.4, -0.2) is 32.6 Å². The van der Waals surface area contributed by atoms with E-state index >= 15 is 0 Å². The summed E-state index contributed by atoms with van der Waals surface area (Å²) in [5, 5.41) is 13.2. The summed E-state index contributed by atoms with van der Waals surface area (Å²) in [5.41, 5.74) is 6.01. The molecule has 160 valence electrons. The summed E-state index contributed by atoms with van der Waals surface area (Å²) in [5.74, 6) is 0.130. The van der Waals surface area contributed by atoms with Crippen LogP contribution in [-0.2, 0) is 4.79 Å². The lowest BCUT2D eigenvalue weighted by molar-refractivity contribution is -0.118. The summed E-state index contributed by atoms with van der Waals surface area (Å²) in [6, 6.07) is 23.8. The Morgan fingerprint density at radius 1 is 1.06 bits per heavy atom. The van der Waals surface area contributed by atoms with Gasteiger partial charge in [0, 0.05) is 11.3 Å². The number of aryl methyl sites for hydroxylation is 1. The first-order valence-corrected chi connectivity index (χ1v) is 10.9. The number of halogens is 1. The second kappa shape index (κ2) is 10.0. The first-order valence-electron chi connectivity index (χ1n) is 9.88. The number of amides is 1. The predicted octanol–water partition coefficient (Wildman–Crippen LogP) is 4.62. The Bertz CT molecular complexity index is 1240. The van der Waals surface area contributed by atoms with Crippen molar-refractivity contribution in [2.45, 2.75) is 12.1 Å². The van der Waals surface area contributed by atoms with Crippen molar-refractivity contribution in [2.75, 3.05) is 5.75 Å². The zero-order chi connectivity index (χ0) is 22.3. The van der Waals surface area contributed by atoms with Gasteiger partial charge in [-0.05, 0) is 36.8 Å². The average Bonchev–Trinajstić information content (AvgIpc) is 3.23. The molecule has 1 N–H and O–H groups in total. The van der Waals surface area contributed by atoms with Crippen molar-refractivity contribution in [2.24, 2.45) is 5.10 Å². The van der Waals surface area contributed by atoms with E-state index < -0.39 is 0 Å². The molecule has 1 amide bonds. The van der Waals surface area contributed by atoms with E-state index in [1.807, 2.05) is 66.1 Å². The monoisotopic (exact) mass is 445 g/mol. The third-order valence-corrected chi connectivity index (χ3v) is 5.47. The van der Waals surface area contributed by atoms with E-state index in [1.165, 1.54) is 30.1 Å². The van der Waals surface area contributed by atoms with Crippen LogP contribution >= 0.6 is 11.8 Å². The minimum absolute atomic E-state index is 0.0966. The normalized spacial score (nSPS) is 11.1. The molecule has 1 heterocycles. The number of hydrogen-bond donors (Lipinski definition) is 1. The first kappa shape index (κ1) is 21.5. The van der Waals surface area contributed by atoms with Gasteiger partial charge in [0.15, 0.2) is 11.0 Å². The molecule has 0 bridgehead atoms. The van der Waals surface area contributed by atoms with Gasteiger partial charge in [-0.25, -0.2) is 9.82 Å². The molecule has 0 aliphatic carbocycles. The predicted molar refractivity (Wildman–Crippen MR) is 124 cm³/mol. The number of para-hydroxylation sites is 1. The highest BCUT2D eigenvalue weighted by molar-refractivity contribution is 7.99. The van der Waals surface area contributed by atoms with Crippen LogP contribution in [0.2, 0.25) is 0 Å². The molecule has 4 rings (SSSR count). The topological polar surface area (TPSA) is 72.2 Å². The van der Waals surface area contributed by atoms with Crippen LogP contribution in [0.3, 0.4) is 0 Å². The highest BCUT2D eigenvalue weighted by atomic mass is 32.2. The van der Waals surface area contributed by atoms with Gasteiger partial charge in [0.2, 0.25) is 0 Å². The van der Waals surface area contributed by atoms with Gasteiger partial charge in [-0.1, -0.05) is 71.9 Å². The van der Waals surface area contributed by atoms with Gasteiger partial charge in [0.25, 0.3) is 5.91 Å². The van der Waals surface area contributed by atoms with Crippen LogP contribution < -0.4 is 5.43 Å². The summed E-state index contributed by atoms with van der Waals surface area (Å²) < 4.78 is 15.1. The van der Waals surface area contributed by atoms with Gasteiger partial charge in [-0.2, -0.15) is 5.10 Å². The van der Waals surface area contributed by atoms with Crippen LogP contribution in [0.5, 0.6) is 0 Å². The number of carbonyl (C=O) groups is 1. The average molecular weight is 446 g/mol. The van der Waals surface area contributed by atoms with Crippen LogP contribution in [0.4, 0.5) is 4.39 Å². The molecule has 32 heavy (non-hydrogen) atoms. The molecule has 4 aromatic rings. The molecule has 0 unspecified atom stereocenters. The van der Waals surface area contributed by atoms with Gasteiger partial charge in [-0.15, -0.1) is 10.2 Å². The quantitative estimate of drug-likeness (QED) is 0.256. The molecule has 6 nitrogen and oxygen atoms in total. The SMILES string of the molecule is Cc1ccc(-c2nnc(SCC(=O)N/N=C/c3cccc(F)c3)n2-c2ccccc2)cc1. The van der Waals surface area contributed by atoms with Gasteiger partial charge < -0.3 is 0 Å². The van der Waals surface area contributed by atoms with E-state index in [-0.39, 0.29) is 17.5 Å². The minimum atomic E-state index is -0.361. The third-order valence-electron chi connectivity index (χ3n) is 4.54. The lowest BCUT2D eigenvalue weighted by Crippen LogP contribution is -2.20. The second-order valence-electron chi connectivity index (χ2n) is 6.98. The largest absolute Gasteiger partial charge is 0.272 e.